The highest BCUT2D eigenvalue weighted by molar-refractivity contribution is 5.78. The lowest BCUT2D eigenvalue weighted by molar-refractivity contribution is -0.385. The second kappa shape index (κ2) is 9.84. The fraction of sp³-hybridized carbons (Fsp3) is 0.650. The first-order valence-corrected chi connectivity index (χ1v) is 10.1. The summed E-state index contributed by atoms with van der Waals surface area (Å²) in [7, 11) is 1.58. The van der Waals surface area contributed by atoms with Crippen molar-refractivity contribution in [3.8, 4) is 5.75 Å². The predicted molar refractivity (Wildman–Crippen MR) is 106 cm³/mol. The number of amides is 1. The van der Waals surface area contributed by atoms with Crippen LogP contribution >= 0.6 is 0 Å². The third-order valence-corrected chi connectivity index (χ3v) is 5.65. The van der Waals surface area contributed by atoms with Gasteiger partial charge in [-0.05, 0) is 18.9 Å². The molecule has 2 heterocycles. The first-order valence-electron chi connectivity index (χ1n) is 10.1. The van der Waals surface area contributed by atoms with Crippen LogP contribution in [0.2, 0.25) is 0 Å². The number of benzene rings is 1. The summed E-state index contributed by atoms with van der Waals surface area (Å²) >= 11 is 0. The van der Waals surface area contributed by atoms with Gasteiger partial charge in [0.05, 0.1) is 18.6 Å². The van der Waals surface area contributed by atoms with Crippen molar-refractivity contribution in [2.24, 2.45) is 0 Å². The molecule has 1 aromatic rings. The Morgan fingerprint density at radius 3 is 2.29 bits per heavy atom. The van der Waals surface area contributed by atoms with Crippen LogP contribution in [0.25, 0.3) is 0 Å². The normalized spacial score (nSPS) is 19.2. The van der Waals surface area contributed by atoms with E-state index >= 15 is 0 Å². The highest BCUT2D eigenvalue weighted by Gasteiger charge is 2.23. The number of rotatable bonds is 6. The Morgan fingerprint density at radius 2 is 1.68 bits per heavy atom. The van der Waals surface area contributed by atoms with Crippen molar-refractivity contribution in [3.05, 3.63) is 33.9 Å². The van der Waals surface area contributed by atoms with Gasteiger partial charge >= 0.3 is 0 Å². The monoisotopic (exact) mass is 390 g/mol. The van der Waals surface area contributed by atoms with E-state index in [2.05, 4.69) is 9.80 Å². The Bertz CT molecular complexity index is 681. The Morgan fingerprint density at radius 1 is 1.04 bits per heavy atom. The van der Waals surface area contributed by atoms with E-state index in [-0.39, 0.29) is 16.5 Å². The maximum Gasteiger partial charge on any atom is 0.270 e. The van der Waals surface area contributed by atoms with Crippen LogP contribution in [0, 0.1) is 10.1 Å². The quantitative estimate of drug-likeness (QED) is 0.547. The van der Waals surface area contributed by atoms with Gasteiger partial charge in [0, 0.05) is 63.5 Å². The molecule has 2 aliphatic heterocycles. The van der Waals surface area contributed by atoms with Crippen LogP contribution in [0.1, 0.15) is 31.2 Å². The number of carbonyl (C=O) groups excluding carboxylic acids is 1. The molecule has 0 radical (unpaired) electrons. The molecular weight excluding hydrogens is 360 g/mol. The first-order chi connectivity index (χ1) is 13.6. The standard InChI is InChI=1S/C20H30N4O4/c1-28-19-7-6-18(24(26)27)14-17(19)15-21-10-12-22(13-11-21)16-20(25)23-8-4-2-3-5-9-23/h6-7,14H,2-5,8-13,15-16H2,1H3. The van der Waals surface area contributed by atoms with Gasteiger partial charge < -0.3 is 9.64 Å². The molecule has 1 amide bonds. The van der Waals surface area contributed by atoms with Crippen LogP contribution in [-0.2, 0) is 11.3 Å². The average Bonchev–Trinajstić information content (AvgIpc) is 2.99. The summed E-state index contributed by atoms with van der Waals surface area (Å²) in [6.45, 7) is 6.22. The summed E-state index contributed by atoms with van der Waals surface area (Å²) in [5, 5.41) is 11.1. The molecule has 3 rings (SSSR count). The van der Waals surface area contributed by atoms with Crippen LogP contribution < -0.4 is 4.74 Å². The van der Waals surface area contributed by atoms with E-state index in [4.69, 9.17) is 4.74 Å². The van der Waals surface area contributed by atoms with Gasteiger partial charge in [-0.2, -0.15) is 0 Å². The highest BCUT2D eigenvalue weighted by atomic mass is 16.6. The van der Waals surface area contributed by atoms with Gasteiger partial charge in [-0.3, -0.25) is 24.7 Å². The number of nitro benzene ring substituents is 1. The number of nitrogens with zero attached hydrogens (tertiary/aromatic N) is 4. The third kappa shape index (κ3) is 5.42. The maximum absolute atomic E-state index is 12.6. The van der Waals surface area contributed by atoms with Gasteiger partial charge in [-0.15, -0.1) is 0 Å². The second-order valence-corrected chi connectivity index (χ2v) is 7.60. The van der Waals surface area contributed by atoms with E-state index in [1.54, 1.807) is 19.2 Å². The van der Waals surface area contributed by atoms with Crippen molar-refractivity contribution in [2.75, 3.05) is 52.9 Å². The SMILES string of the molecule is COc1ccc([N+](=O)[O-])cc1CN1CCN(CC(=O)N2CCCCCC2)CC1. The van der Waals surface area contributed by atoms with Crippen LogP contribution in [-0.4, -0.2) is 78.5 Å². The molecule has 0 unspecified atom stereocenters. The van der Waals surface area contributed by atoms with Crippen molar-refractivity contribution in [3.63, 3.8) is 0 Å². The average molecular weight is 390 g/mol. The fourth-order valence-electron chi connectivity index (χ4n) is 3.96. The van der Waals surface area contributed by atoms with Crippen LogP contribution in [0.5, 0.6) is 5.75 Å². The van der Waals surface area contributed by atoms with Gasteiger partial charge in [0.15, 0.2) is 0 Å². The van der Waals surface area contributed by atoms with Crippen molar-refractivity contribution in [1.82, 2.24) is 14.7 Å². The van der Waals surface area contributed by atoms with Gasteiger partial charge in [-0.1, -0.05) is 12.8 Å². The minimum Gasteiger partial charge on any atom is -0.496 e. The lowest BCUT2D eigenvalue weighted by Crippen LogP contribution is -2.49. The number of methoxy groups -OCH3 is 1. The zero-order chi connectivity index (χ0) is 19.9. The smallest absolute Gasteiger partial charge is 0.270 e. The number of carbonyl (C=O) groups is 1. The molecule has 8 heteroatoms. The molecule has 0 spiro atoms. The molecule has 28 heavy (non-hydrogen) atoms. The number of hydrogen-bond acceptors (Lipinski definition) is 6. The number of nitro groups is 1. The summed E-state index contributed by atoms with van der Waals surface area (Å²) in [6.07, 6.45) is 4.68. The Kier molecular flexibility index (Phi) is 7.22. The summed E-state index contributed by atoms with van der Waals surface area (Å²) < 4.78 is 5.36. The third-order valence-electron chi connectivity index (χ3n) is 5.65. The van der Waals surface area contributed by atoms with Crippen molar-refractivity contribution < 1.29 is 14.5 Å². The van der Waals surface area contributed by atoms with Gasteiger partial charge in [0.1, 0.15) is 5.75 Å². The van der Waals surface area contributed by atoms with Crippen molar-refractivity contribution in [1.29, 1.82) is 0 Å². The zero-order valence-electron chi connectivity index (χ0n) is 16.6. The topological polar surface area (TPSA) is 79.2 Å². The number of hydrogen-bond donors (Lipinski definition) is 0. The zero-order valence-corrected chi connectivity index (χ0v) is 16.6. The molecule has 2 fully saturated rings. The van der Waals surface area contributed by atoms with Gasteiger partial charge in [0.25, 0.3) is 5.69 Å². The largest absolute Gasteiger partial charge is 0.496 e. The van der Waals surface area contributed by atoms with Crippen LogP contribution in [0.3, 0.4) is 0 Å². The van der Waals surface area contributed by atoms with E-state index in [0.29, 0.717) is 18.8 Å². The molecule has 0 aliphatic carbocycles. The minimum absolute atomic E-state index is 0.0810. The predicted octanol–water partition coefficient (Wildman–Crippen LogP) is 2.12. The molecule has 8 nitrogen and oxygen atoms in total. The van der Waals surface area contributed by atoms with Crippen molar-refractivity contribution >= 4 is 11.6 Å². The molecule has 1 aromatic carbocycles. The number of likely N-dealkylation sites (tertiary alicyclic amines) is 1. The molecule has 2 saturated heterocycles. The molecule has 0 atom stereocenters. The Labute approximate surface area is 166 Å². The first kappa shape index (κ1) is 20.5. The van der Waals surface area contributed by atoms with Crippen LogP contribution in [0.4, 0.5) is 5.69 Å². The van der Waals surface area contributed by atoms with E-state index < -0.39 is 0 Å². The lowest BCUT2D eigenvalue weighted by Gasteiger charge is -2.35. The van der Waals surface area contributed by atoms with E-state index in [0.717, 1.165) is 57.7 Å². The molecule has 154 valence electrons. The summed E-state index contributed by atoms with van der Waals surface area (Å²) in [5.74, 6) is 0.917. The highest BCUT2D eigenvalue weighted by Crippen LogP contribution is 2.25. The fourth-order valence-corrected chi connectivity index (χ4v) is 3.96. The minimum atomic E-state index is -0.380. The summed E-state index contributed by atoms with van der Waals surface area (Å²) in [5.41, 5.74) is 0.906. The number of piperazine rings is 1. The van der Waals surface area contributed by atoms with Crippen LogP contribution in [0.15, 0.2) is 18.2 Å². The number of non-ortho nitro benzene ring substituents is 1. The van der Waals surface area contributed by atoms with E-state index in [1.807, 2.05) is 4.90 Å². The van der Waals surface area contributed by atoms with Gasteiger partial charge in [0.2, 0.25) is 5.91 Å². The molecule has 0 aromatic heterocycles. The van der Waals surface area contributed by atoms with E-state index in [1.165, 1.54) is 18.9 Å². The molecule has 0 N–H and O–H groups in total. The Balaban J connectivity index is 1.51. The number of ether oxygens (including phenoxy) is 1. The summed E-state index contributed by atoms with van der Waals surface area (Å²) in [4.78, 5) is 29.7. The molecule has 0 saturated carbocycles. The maximum atomic E-state index is 12.6. The van der Waals surface area contributed by atoms with E-state index in [9.17, 15) is 14.9 Å². The Hall–Kier alpha value is -2.19. The molecular formula is C20H30N4O4. The molecule has 2 aliphatic rings. The van der Waals surface area contributed by atoms with Gasteiger partial charge in [-0.25, -0.2) is 0 Å². The second-order valence-electron chi connectivity index (χ2n) is 7.60. The lowest BCUT2D eigenvalue weighted by atomic mass is 10.1. The summed E-state index contributed by atoms with van der Waals surface area (Å²) in [6, 6.07) is 4.71. The van der Waals surface area contributed by atoms with Crippen molar-refractivity contribution in [2.45, 2.75) is 32.2 Å². The molecule has 0 bridgehead atoms.